The number of hydrogen-bond donors (Lipinski definition) is 0. The van der Waals surface area contributed by atoms with E-state index in [1.165, 1.54) is 86.9 Å². The number of rotatable bonds is 2. The van der Waals surface area contributed by atoms with Crippen LogP contribution >= 0.6 is 0 Å². The second-order valence-electron chi connectivity index (χ2n) is 11.9. The van der Waals surface area contributed by atoms with Gasteiger partial charge >= 0.3 is 0 Å². The largest absolute Gasteiger partial charge is 0.246 e. The Labute approximate surface area is 254 Å². The van der Waals surface area contributed by atoms with Crippen molar-refractivity contribution in [3.8, 4) is 22.3 Å². The van der Waals surface area contributed by atoms with Crippen molar-refractivity contribution in [1.82, 2.24) is 4.98 Å². The van der Waals surface area contributed by atoms with Crippen LogP contribution in [0.15, 0.2) is 152 Å². The highest BCUT2D eigenvalue weighted by Gasteiger charge is 2.17. The van der Waals surface area contributed by atoms with Crippen LogP contribution in [0.1, 0.15) is 0 Å². The van der Waals surface area contributed by atoms with Crippen molar-refractivity contribution in [2.45, 2.75) is 0 Å². The van der Waals surface area contributed by atoms with E-state index in [2.05, 4.69) is 152 Å². The molecule has 10 aromatic rings. The predicted octanol–water partition coefficient (Wildman–Crippen LogP) is 11.9. The van der Waals surface area contributed by atoms with Gasteiger partial charge in [0.25, 0.3) is 0 Å². The first-order valence-corrected chi connectivity index (χ1v) is 15.2. The minimum Gasteiger partial charge on any atom is -0.246 e. The quantitative estimate of drug-likeness (QED) is 0.153. The van der Waals surface area contributed by atoms with E-state index in [9.17, 15) is 0 Å². The van der Waals surface area contributed by atoms with Gasteiger partial charge in [-0.05, 0) is 71.9 Å². The van der Waals surface area contributed by atoms with E-state index >= 15 is 0 Å². The maximum atomic E-state index is 5.39. The Morgan fingerprint density at radius 1 is 0.318 bits per heavy atom. The molecule has 0 saturated heterocycles. The molecule has 0 aliphatic heterocycles. The lowest BCUT2D eigenvalue weighted by Crippen LogP contribution is -1.92. The van der Waals surface area contributed by atoms with Crippen molar-refractivity contribution in [2.75, 3.05) is 0 Å². The fourth-order valence-corrected chi connectivity index (χ4v) is 7.57. The smallest absolute Gasteiger partial charge is 0.0794 e. The van der Waals surface area contributed by atoms with Crippen LogP contribution in [0.4, 0.5) is 0 Å². The van der Waals surface area contributed by atoms with Crippen LogP contribution in [-0.4, -0.2) is 4.98 Å². The zero-order valence-electron chi connectivity index (χ0n) is 23.9. The second kappa shape index (κ2) is 8.86. The maximum absolute atomic E-state index is 5.39. The Balaban J connectivity index is 1.32. The average molecular weight is 556 g/mol. The predicted molar refractivity (Wildman–Crippen MR) is 189 cm³/mol. The molecule has 44 heavy (non-hydrogen) atoms. The minimum atomic E-state index is 1.05. The standard InChI is InChI=1S/C43H25N/c1-3-15-33-26(8-1)20-22-36-40(37-23-21-27-9-2-4-16-34(27)43(37)44-42(33)36)31-13-6-12-30(24-31)38-25-32-14-5-10-28-18-19-29-11-7-17-35(38)41(29)39(28)32/h1-25H. The van der Waals surface area contributed by atoms with Gasteiger partial charge in [0, 0.05) is 27.1 Å². The molecule has 1 nitrogen and oxygen atoms in total. The molecule has 0 N–H and O–H groups in total. The van der Waals surface area contributed by atoms with Gasteiger partial charge in [0.15, 0.2) is 0 Å². The number of aromatic nitrogens is 1. The topological polar surface area (TPSA) is 12.9 Å². The van der Waals surface area contributed by atoms with Gasteiger partial charge in [0.05, 0.1) is 11.0 Å². The van der Waals surface area contributed by atoms with Gasteiger partial charge in [-0.2, -0.15) is 0 Å². The molecule has 0 spiro atoms. The number of pyridine rings is 1. The summed E-state index contributed by atoms with van der Waals surface area (Å²) in [5.74, 6) is 0. The summed E-state index contributed by atoms with van der Waals surface area (Å²) < 4.78 is 0. The zero-order valence-corrected chi connectivity index (χ0v) is 23.9. The number of fused-ring (bicyclic) bond motifs is 6. The third kappa shape index (κ3) is 3.27. The van der Waals surface area contributed by atoms with Crippen LogP contribution in [0.3, 0.4) is 0 Å². The Morgan fingerprint density at radius 3 is 1.57 bits per heavy atom. The van der Waals surface area contributed by atoms with Crippen LogP contribution in [0.5, 0.6) is 0 Å². The second-order valence-corrected chi connectivity index (χ2v) is 11.9. The number of nitrogens with zero attached hydrogens (tertiary/aromatic N) is 1. The fourth-order valence-electron chi connectivity index (χ4n) is 7.57. The molecule has 0 unspecified atom stereocenters. The number of hydrogen-bond acceptors (Lipinski definition) is 1. The van der Waals surface area contributed by atoms with E-state index < -0.39 is 0 Å². The summed E-state index contributed by atoms with van der Waals surface area (Å²) in [5.41, 5.74) is 7.03. The summed E-state index contributed by atoms with van der Waals surface area (Å²) in [6.45, 7) is 0. The molecule has 1 heterocycles. The maximum Gasteiger partial charge on any atom is 0.0794 e. The molecule has 202 valence electrons. The van der Waals surface area contributed by atoms with E-state index in [0.717, 1.165) is 11.0 Å². The van der Waals surface area contributed by atoms with Gasteiger partial charge in [0.2, 0.25) is 0 Å². The van der Waals surface area contributed by atoms with Gasteiger partial charge in [-0.3, -0.25) is 0 Å². The first-order valence-electron chi connectivity index (χ1n) is 15.2. The van der Waals surface area contributed by atoms with Crippen molar-refractivity contribution in [2.24, 2.45) is 0 Å². The third-order valence-electron chi connectivity index (χ3n) is 9.53. The highest BCUT2D eigenvalue weighted by Crippen LogP contribution is 2.43. The van der Waals surface area contributed by atoms with Crippen LogP contribution in [0.25, 0.3) is 97.9 Å². The highest BCUT2D eigenvalue weighted by molar-refractivity contribution is 6.26. The Kier molecular flexibility index (Phi) is 4.78. The summed E-state index contributed by atoms with van der Waals surface area (Å²) in [6, 6.07) is 55.6. The lowest BCUT2D eigenvalue weighted by atomic mass is 9.87. The van der Waals surface area contributed by atoms with Crippen LogP contribution in [0, 0.1) is 0 Å². The molecule has 10 rings (SSSR count). The van der Waals surface area contributed by atoms with Crippen LogP contribution in [-0.2, 0) is 0 Å². The van der Waals surface area contributed by atoms with Crippen molar-refractivity contribution >= 4 is 75.7 Å². The monoisotopic (exact) mass is 555 g/mol. The lowest BCUT2D eigenvalue weighted by Gasteiger charge is -2.17. The van der Waals surface area contributed by atoms with E-state index in [-0.39, 0.29) is 0 Å². The number of benzene rings is 9. The first kappa shape index (κ1) is 23.7. The molecular formula is C43H25N. The Hall–Kier alpha value is -5.79. The lowest BCUT2D eigenvalue weighted by molar-refractivity contribution is 1.53. The molecular weight excluding hydrogens is 530 g/mol. The summed E-state index contributed by atoms with van der Waals surface area (Å²) in [7, 11) is 0. The highest BCUT2D eigenvalue weighted by atomic mass is 14.7. The Bertz CT molecular complexity index is 2680. The van der Waals surface area contributed by atoms with Crippen molar-refractivity contribution in [3.05, 3.63) is 152 Å². The molecule has 0 radical (unpaired) electrons. The molecule has 0 bridgehead atoms. The molecule has 9 aromatic carbocycles. The van der Waals surface area contributed by atoms with Gasteiger partial charge in [-0.25, -0.2) is 4.98 Å². The minimum absolute atomic E-state index is 1.05. The SMILES string of the molecule is c1cc(-c2c3ccc4ccccc4c3nc3c2ccc2ccccc23)cc(-c2cc3cccc4ccc5cccc2c5c43)c1. The zero-order chi connectivity index (χ0) is 28.8. The van der Waals surface area contributed by atoms with E-state index in [1.807, 2.05) is 0 Å². The van der Waals surface area contributed by atoms with E-state index in [1.54, 1.807) is 0 Å². The van der Waals surface area contributed by atoms with Crippen molar-refractivity contribution in [3.63, 3.8) is 0 Å². The fraction of sp³-hybridized carbons (Fsp3) is 0. The molecule has 1 heteroatoms. The average Bonchev–Trinajstić information content (AvgIpc) is 3.09. The van der Waals surface area contributed by atoms with Gasteiger partial charge in [0.1, 0.15) is 0 Å². The van der Waals surface area contributed by atoms with Gasteiger partial charge in [-0.15, -0.1) is 0 Å². The molecule has 0 amide bonds. The summed E-state index contributed by atoms with van der Waals surface area (Å²) in [5, 5.41) is 15.0. The summed E-state index contributed by atoms with van der Waals surface area (Å²) in [6.07, 6.45) is 0. The summed E-state index contributed by atoms with van der Waals surface area (Å²) in [4.78, 5) is 5.39. The molecule has 0 atom stereocenters. The van der Waals surface area contributed by atoms with Crippen LogP contribution in [0.2, 0.25) is 0 Å². The third-order valence-corrected chi connectivity index (χ3v) is 9.53. The first-order chi connectivity index (χ1) is 21.8. The molecule has 0 aliphatic rings. The molecule has 1 aromatic heterocycles. The summed E-state index contributed by atoms with van der Waals surface area (Å²) >= 11 is 0. The van der Waals surface area contributed by atoms with Crippen molar-refractivity contribution in [1.29, 1.82) is 0 Å². The molecule has 0 aliphatic carbocycles. The van der Waals surface area contributed by atoms with E-state index in [0.29, 0.717) is 0 Å². The normalized spacial score (nSPS) is 12.1. The van der Waals surface area contributed by atoms with E-state index in [4.69, 9.17) is 4.98 Å². The van der Waals surface area contributed by atoms with Crippen LogP contribution < -0.4 is 0 Å². The van der Waals surface area contributed by atoms with Gasteiger partial charge in [-0.1, -0.05) is 140 Å². The van der Waals surface area contributed by atoms with Crippen molar-refractivity contribution < 1.29 is 0 Å². The Morgan fingerprint density at radius 2 is 0.841 bits per heavy atom. The molecule has 0 fully saturated rings. The molecule has 0 saturated carbocycles. The van der Waals surface area contributed by atoms with Gasteiger partial charge < -0.3 is 0 Å².